The Labute approximate surface area is 93.5 Å². The van der Waals surface area contributed by atoms with Crippen LogP contribution in [0.3, 0.4) is 0 Å². The maximum absolute atomic E-state index is 5.96. The van der Waals surface area contributed by atoms with Crippen molar-refractivity contribution in [3.8, 4) is 5.69 Å². The molecule has 0 fully saturated rings. The molecule has 2 N–H and O–H groups in total. The Kier molecular flexibility index (Phi) is 2.75. The molecule has 0 spiro atoms. The van der Waals surface area contributed by atoms with Crippen LogP contribution in [0.15, 0.2) is 30.5 Å². The van der Waals surface area contributed by atoms with Crippen molar-refractivity contribution in [2.24, 2.45) is 5.73 Å². The SMILES string of the molecule is Cc1nn(-c2ccccc2CN)cc1Cl. The molecule has 1 aromatic heterocycles. The van der Waals surface area contributed by atoms with Gasteiger partial charge >= 0.3 is 0 Å². The number of nitrogens with zero attached hydrogens (tertiary/aromatic N) is 2. The van der Waals surface area contributed by atoms with Crippen LogP contribution in [0.25, 0.3) is 5.69 Å². The normalized spacial score (nSPS) is 10.6. The summed E-state index contributed by atoms with van der Waals surface area (Å²) in [5.74, 6) is 0. The van der Waals surface area contributed by atoms with Crippen molar-refractivity contribution >= 4 is 11.6 Å². The van der Waals surface area contributed by atoms with Gasteiger partial charge in [-0.25, -0.2) is 4.68 Å². The predicted octanol–water partition coefficient (Wildman–Crippen LogP) is 2.29. The maximum atomic E-state index is 5.96. The van der Waals surface area contributed by atoms with Gasteiger partial charge < -0.3 is 5.73 Å². The monoisotopic (exact) mass is 221 g/mol. The van der Waals surface area contributed by atoms with Crippen LogP contribution in [0, 0.1) is 6.92 Å². The molecule has 2 rings (SSSR count). The Morgan fingerprint density at radius 1 is 1.40 bits per heavy atom. The minimum atomic E-state index is 0.493. The molecule has 0 aliphatic rings. The van der Waals surface area contributed by atoms with Crippen molar-refractivity contribution in [1.82, 2.24) is 9.78 Å². The second kappa shape index (κ2) is 4.04. The van der Waals surface area contributed by atoms with Gasteiger partial charge in [-0.2, -0.15) is 5.10 Å². The molecule has 15 heavy (non-hydrogen) atoms. The van der Waals surface area contributed by atoms with E-state index in [1.165, 1.54) is 0 Å². The topological polar surface area (TPSA) is 43.8 Å². The molecule has 3 nitrogen and oxygen atoms in total. The molecular formula is C11H12ClN3. The number of hydrogen-bond donors (Lipinski definition) is 1. The van der Waals surface area contributed by atoms with Crippen molar-refractivity contribution in [3.05, 3.63) is 46.7 Å². The van der Waals surface area contributed by atoms with Gasteiger partial charge in [0.1, 0.15) is 0 Å². The highest BCUT2D eigenvalue weighted by atomic mass is 35.5. The van der Waals surface area contributed by atoms with E-state index in [2.05, 4.69) is 5.10 Å². The van der Waals surface area contributed by atoms with Gasteiger partial charge in [-0.3, -0.25) is 0 Å². The van der Waals surface area contributed by atoms with Crippen molar-refractivity contribution in [3.63, 3.8) is 0 Å². The smallest absolute Gasteiger partial charge is 0.0819 e. The van der Waals surface area contributed by atoms with Gasteiger partial charge in [-0.15, -0.1) is 0 Å². The second-order valence-corrected chi connectivity index (χ2v) is 3.75. The summed E-state index contributed by atoms with van der Waals surface area (Å²) in [5.41, 5.74) is 8.52. The highest BCUT2D eigenvalue weighted by Gasteiger charge is 2.06. The van der Waals surface area contributed by atoms with E-state index in [-0.39, 0.29) is 0 Å². The standard InChI is InChI=1S/C11H12ClN3/c1-8-10(12)7-15(14-8)11-5-3-2-4-9(11)6-13/h2-5,7H,6,13H2,1H3. The van der Waals surface area contributed by atoms with Crippen molar-refractivity contribution in [2.75, 3.05) is 0 Å². The van der Waals surface area contributed by atoms with E-state index < -0.39 is 0 Å². The fourth-order valence-electron chi connectivity index (χ4n) is 1.47. The second-order valence-electron chi connectivity index (χ2n) is 3.34. The van der Waals surface area contributed by atoms with Crippen molar-refractivity contribution in [2.45, 2.75) is 13.5 Å². The lowest BCUT2D eigenvalue weighted by atomic mass is 10.2. The largest absolute Gasteiger partial charge is 0.326 e. The summed E-state index contributed by atoms with van der Waals surface area (Å²) >= 11 is 5.96. The van der Waals surface area contributed by atoms with E-state index in [1.807, 2.05) is 31.2 Å². The third-order valence-electron chi connectivity index (χ3n) is 2.30. The summed E-state index contributed by atoms with van der Waals surface area (Å²) in [5, 5.41) is 4.99. The van der Waals surface area contributed by atoms with E-state index in [0.29, 0.717) is 11.6 Å². The first-order valence-corrected chi connectivity index (χ1v) is 5.10. The van der Waals surface area contributed by atoms with Crippen LogP contribution in [0.2, 0.25) is 5.02 Å². The van der Waals surface area contributed by atoms with E-state index in [4.69, 9.17) is 17.3 Å². The summed E-state index contributed by atoms with van der Waals surface area (Å²) in [6.45, 7) is 2.37. The summed E-state index contributed by atoms with van der Waals surface area (Å²) in [6.07, 6.45) is 1.80. The average Bonchev–Trinajstić information content (AvgIpc) is 2.59. The molecule has 2 aromatic rings. The lowest BCUT2D eigenvalue weighted by Gasteiger charge is -2.06. The van der Waals surface area contributed by atoms with Crippen LogP contribution in [0.1, 0.15) is 11.3 Å². The molecule has 1 heterocycles. The molecular weight excluding hydrogens is 210 g/mol. The number of para-hydroxylation sites is 1. The molecule has 1 aromatic carbocycles. The first-order valence-electron chi connectivity index (χ1n) is 4.72. The zero-order chi connectivity index (χ0) is 10.8. The fraction of sp³-hybridized carbons (Fsp3) is 0.182. The molecule has 4 heteroatoms. The van der Waals surface area contributed by atoms with E-state index in [1.54, 1.807) is 10.9 Å². The van der Waals surface area contributed by atoms with Crippen molar-refractivity contribution in [1.29, 1.82) is 0 Å². The van der Waals surface area contributed by atoms with E-state index in [0.717, 1.165) is 16.9 Å². The number of rotatable bonds is 2. The molecule has 0 bridgehead atoms. The zero-order valence-electron chi connectivity index (χ0n) is 8.44. The minimum absolute atomic E-state index is 0.493. The lowest BCUT2D eigenvalue weighted by molar-refractivity contribution is 0.844. The molecule has 78 valence electrons. The average molecular weight is 222 g/mol. The first-order chi connectivity index (χ1) is 7.22. The van der Waals surface area contributed by atoms with Gasteiger partial charge in [-0.05, 0) is 18.6 Å². The molecule has 0 radical (unpaired) electrons. The van der Waals surface area contributed by atoms with Gasteiger partial charge in [0.15, 0.2) is 0 Å². The van der Waals surface area contributed by atoms with Gasteiger partial charge in [0.25, 0.3) is 0 Å². The Morgan fingerprint density at radius 2 is 2.13 bits per heavy atom. The van der Waals surface area contributed by atoms with Gasteiger partial charge in [-0.1, -0.05) is 29.8 Å². The first kappa shape index (κ1) is 10.2. The summed E-state index contributed by atoms with van der Waals surface area (Å²) in [7, 11) is 0. The Balaban J connectivity index is 2.53. The Hall–Kier alpha value is -1.32. The van der Waals surface area contributed by atoms with Crippen LogP contribution in [0.4, 0.5) is 0 Å². The number of aromatic nitrogens is 2. The highest BCUT2D eigenvalue weighted by molar-refractivity contribution is 6.31. The van der Waals surface area contributed by atoms with E-state index in [9.17, 15) is 0 Å². The molecule has 0 aliphatic heterocycles. The minimum Gasteiger partial charge on any atom is -0.326 e. The Morgan fingerprint density at radius 3 is 2.73 bits per heavy atom. The van der Waals surface area contributed by atoms with Crippen LogP contribution in [-0.4, -0.2) is 9.78 Å². The Bertz CT molecular complexity index is 457. The third kappa shape index (κ3) is 1.89. The van der Waals surface area contributed by atoms with Crippen LogP contribution in [0.5, 0.6) is 0 Å². The third-order valence-corrected chi connectivity index (χ3v) is 2.67. The lowest BCUT2D eigenvalue weighted by Crippen LogP contribution is -2.04. The zero-order valence-corrected chi connectivity index (χ0v) is 9.20. The number of nitrogens with two attached hydrogens (primary N) is 1. The fourth-order valence-corrected chi connectivity index (χ4v) is 1.60. The molecule has 0 saturated carbocycles. The molecule has 0 unspecified atom stereocenters. The van der Waals surface area contributed by atoms with Gasteiger partial charge in [0.05, 0.1) is 16.4 Å². The number of halogens is 1. The molecule has 0 atom stereocenters. The number of aryl methyl sites for hydroxylation is 1. The molecule has 0 saturated heterocycles. The summed E-state index contributed by atoms with van der Waals surface area (Å²) in [4.78, 5) is 0. The number of benzene rings is 1. The highest BCUT2D eigenvalue weighted by Crippen LogP contribution is 2.18. The van der Waals surface area contributed by atoms with Crippen LogP contribution in [-0.2, 0) is 6.54 Å². The maximum Gasteiger partial charge on any atom is 0.0819 e. The van der Waals surface area contributed by atoms with Gasteiger partial charge in [0.2, 0.25) is 0 Å². The van der Waals surface area contributed by atoms with Crippen LogP contribution < -0.4 is 5.73 Å². The van der Waals surface area contributed by atoms with Crippen LogP contribution >= 0.6 is 11.6 Å². The van der Waals surface area contributed by atoms with E-state index >= 15 is 0 Å². The van der Waals surface area contributed by atoms with Crippen molar-refractivity contribution < 1.29 is 0 Å². The predicted molar refractivity (Wildman–Crippen MR) is 61.2 cm³/mol. The quantitative estimate of drug-likeness (QED) is 0.846. The summed E-state index contributed by atoms with van der Waals surface area (Å²) < 4.78 is 1.76. The number of hydrogen-bond acceptors (Lipinski definition) is 2. The molecule has 0 aliphatic carbocycles. The molecule has 0 amide bonds. The van der Waals surface area contributed by atoms with Gasteiger partial charge in [0, 0.05) is 12.7 Å². The summed E-state index contributed by atoms with van der Waals surface area (Å²) in [6, 6.07) is 7.88.